The maximum atomic E-state index is 14.8. The van der Waals surface area contributed by atoms with Gasteiger partial charge in [-0.25, -0.2) is 37.5 Å². The fourth-order valence-electron chi connectivity index (χ4n) is 12.1. The molecule has 5 aromatic heterocycles. The molecule has 0 unspecified atom stereocenters. The number of β-amino-alcohol motifs (C(OH)–C–C–N with tert-alkyl or cyclic N) is 1. The number of benzene rings is 2. The zero-order chi connectivity index (χ0) is 62.8. The molecule has 0 bridgehead atoms. The number of nitrogens with one attached hydrogen (secondary N) is 4. The van der Waals surface area contributed by atoms with Crippen LogP contribution in [0.5, 0.6) is 5.75 Å². The van der Waals surface area contributed by atoms with E-state index in [1.54, 1.807) is 56.9 Å². The minimum atomic E-state index is -4.20. The molecule has 1 saturated heterocycles. The van der Waals surface area contributed by atoms with E-state index in [1.807, 2.05) is 65.9 Å². The highest BCUT2D eigenvalue weighted by Gasteiger charge is 2.53. The predicted octanol–water partition coefficient (Wildman–Crippen LogP) is 9.01. The number of halogens is 1. The molecule has 0 radical (unpaired) electrons. The van der Waals surface area contributed by atoms with Crippen LogP contribution in [0.25, 0.3) is 31.9 Å². The number of aromatic nitrogens is 6. The van der Waals surface area contributed by atoms with Crippen molar-refractivity contribution < 1.29 is 46.6 Å². The summed E-state index contributed by atoms with van der Waals surface area (Å²) >= 11 is 2.75. The number of alkyl halides is 1. The minimum absolute atomic E-state index is 0.00908. The number of likely N-dealkylation sites (tertiary alicyclic amines) is 1. The van der Waals surface area contributed by atoms with Crippen LogP contribution in [0.1, 0.15) is 140 Å². The highest BCUT2D eigenvalue weighted by atomic mass is 32.2. The Bertz CT molecular complexity index is 3890. The highest BCUT2D eigenvalue weighted by molar-refractivity contribution is 7.90. The van der Waals surface area contributed by atoms with Gasteiger partial charge in [0.1, 0.15) is 39.7 Å². The van der Waals surface area contributed by atoms with Crippen molar-refractivity contribution >= 4 is 83.5 Å². The van der Waals surface area contributed by atoms with E-state index in [1.165, 1.54) is 46.8 Å². The normalized spacial score (nSPS) is 17.9. The summed E-state index contributed by atoms with van der Waals surface area (Å²) in [5.74, 6) is -2.16. The number of fused-ring (bicyclic) bond motifs is 2. The van der Waals surface area contributed by atoms with Crippen LogP contribution in [-0.2, 0) is 50.5 Å². The van der Waals surface area contributed by atoms with E-state index in [2.05, 4.69) is 35.6 Å². The van der Waals surface area contributed by atoms with Gasteiger partial charge in [0, 0.05) is 73.3 Å². The van der Waals surface area contributed by atoms with Crippen molar-refractivity contribution in [3.8, 4) is 27.3 Å². The quantitative estimate of drug-likeness (QED) is 0.0396. The Morgan fingerprint density at radius 3 is 2.49 bits per heavy atom. The Morgan fingerprint density at radius 1 is 0.933 bits per heavy atom. The lowest BCUT2D eigenvalue weighted by molar-refractivity contribution is -0.145. The summed E-state index contributed by atoms with van der Waals surface area (Å²) in [5, 5.41) is 24.4. The Balaban J connectivity index is 0.749. The number of nitrogens with zero attached hydrogens (tertiary/aromatic N) is 8. The molecule has 11 rings (SSSR count). The van der Waals surface area contributed by atoms with Crippen molar-refractivity contribution in [3.05, 3.63) is 118 Å². The fourth-order valence-corrected chi connectivity index (χ4v) is 14.7. The van der Waals surface area contributed by atoms with Gasteiger partial charge in [-0.15, -0.1) is 11.3 Å². The van der Waals surface area contributed by atoms with Crippen molar-refractivity contribution in [1.82, 2.24) is 50.0 Å². The molecule has 2 aliphatic heterocycles. The molecule has 2 aromatic carbocycles. The molecule has 4 aliphatic rings. The van der Waals surface area contributed by atoms with Crippen LogP contribution in [-0.4, -0.2) is 127 Å². The van der Waals surface area contributed by atoms with Crippen molar-refractivity contribution in [2.24, 2.45) is 11.3 Å². The van der Waals surface area contributed by atoms with E-state index >= 15 is 0 Å². The second-order valence-electron chi connectivity index (χ2n) is 24.9. The van der Waals surface area contributed by atoms with Crippen LogP contribution >= 0.6 is 22.7 Å². The third-order valence-corrected chi connectivity index (χ3v) is 20.5. The number of aryl methyl sites for hydroxylation is 1. The van der Waals surface area contributed by atoms with Crippen LogP contribution < -0.4 is 30.3 Å². The van der Waals surface area contributed by atoms with Gasteiger partial charge in [-0.05, 0) is 130 Å². The van der Waals surface area contributed by atoms with E-state index in [-0.39, 0.29) is 62.7 Å². The number of pyridine rings is 2. The number of unbranched alkanes of at least 4 members (excludes halogenated alkanes) is 2. The van der Waals surface area contributed by atoms with Gasteiger partial charge in [0.2, 0.25) is 21.8 Å². The summed E-state index contributed by atoms with van der Waals surface area (Å²) in [7, 11) is -4.20. The first-order valence-corrected chi connectivity index (χ1v) is 33.9. The number of carbonyl (C=O) groups excluding carboxylic acids is 5. The number of sulfonamides is 1. The molecule has 7 heterocycles. The van der Waals surface area contributed by atoms with Crippen molar-refractivity contribution in [1.29, 1.82) is 0 Å². The third kappa shape index (κ3) is 14.5. The zero-order valence-electron chi connectivity index (χ0n) is 50.6. The van der Waals surface area contributed by atoms with E-state index < -0.39 is 62.9 Å². The molecule has 5 amide bonds. The molecule has 2 saturated carbocycles. The summed E-state index contributed by atoms with van der Waals surface area (Å²) in [5.41, 5.74) is 6.01. The Kier molecular flexibility index (Phi) is 18.6. The predicted molar refractivity (Wildman–Crippen MR) is 339 cm³/mol. The molecular formula is C64H75FN12O9S3. The molecule has 3 atom stereocenters. The monoisotopic (exact) mass is 1270 g/mol. The van der Waals surface area contributed by atoms with Crippen molar-refractivity contribution in [3.63, 3.8) is 0 Å². The second-order valence-corrected chi connectivity index (χ2v) is 28.6. The average molecular weight is 1270 g/mol. The standard InChI is InChI=1S/C64H75FN12O9S3/c1-38-54(87-37-68-38)42-19-20-43(32-67-57(80)50-31-44(78)35-76(50)60(82)55(63(3,4)5)72-61(83)64(65)24-25-64)51(30-42)86-28-10-7-11-29-89(84,85)74-58(81)53-45(47-33-69-77(39(47)2)34-40-14-8-6-9-15-40)21-22-52(71-53)75-27-23-41-16-12-17-46(48(41)36-75)56(79)73-62-70-49-18-13-26-66-59(49)88-62/h12-13,16-22,26,30,33,37,40,44,50,55,78H,6-11,14-15,23-25,27-29,31-32,34-36H2,1-5H3,(H,67,80)(H,72,83)(H,74,81)(H,70,73,79)/t44-,50+,55-/m1/s1. The first-order valence-electron chi connectivity index (χ1n) is 30.5. The number of thiazole rings is 2. The highest BCUT2D eigenvalue weighted by Crippen LogP contribution is 2.41. The van der Waals surface area contributed by atoms with Crippen molar-refractivity contribution in [2.75, 3.05) is 35.7 Å². The number of aliphatic hydroxyl groups is 1. The number of ether oxygens (including phenoxy) is 1. The van der Waals surface area contributed by atoms with Gasteiger partial charge in [0.25, 0.3) is 17.7 Å². The lowest BCUT2D eigenvalue weighted by Crippen LogP contribution is -2.59. The number of hydrogen-bond acceptors (Lipinski definition) is 17. The first-order chi connectivity index (χ1) is 42.6. The molecule has 21 nitrogen and oxygen atoms in total. The fraction of sp³-hybridized carbons (Fsp3) is 0.469. The first kappa shape index (κ1) is 62.9. The molecule has 89 heavy (non-hydrogen) atoms. The van der Waals surface area contributed by atoms with Crippen LogP contribution in [0.15, 0.2) is 78.6 Å². The molecule has 25 heteroatoms. The van der Waals surface area contributed by atoms with Gasteiger partial charge in [-0.2, -0.15) is 5.10 Å². The topological polar surface area (TPSA) is 273 Å². The molecule has 7 aromatic rings. The summed E-state index contributed by atoms with van der Waals surface area (Å²) in [4.78, 5) is 92.5. The minimum Gasteiger partial charge on any atom is -0.493 e. The third-order valence-electron chi connectivity index (χ3n) is 17.3. The van der Waals surface area contributed by atoms with E-state index in [0.717, 1.165) is 52.3 Å². The smallest absolute Gasteiger partial charge is 0.284 e. The number of anilines is 2. The van der Waals surface area contributed by atoms with Gasteiger partial charge in [0.05, 0.1) is 40.7 Å². The molecule has 470 valence electrons. The molecule has 3 fully saturated rings. The number of rotatable bonds is 22. The lowest BCUT2D eigenvalue weighted by atomic mass is 9.85. The van der Waals surface area contributed by atoms with Crippen LogP contribution in [0.4, 0.5) is 15.3 Å². The maximum Gasteiger partial charge on any atom is 0.284 e. The Labute approximate surface area is 524 Å². The molecular weight excluding hydrogens is 1200 g/mol. The van der Waals surface area contributed by atoms with Gasteiger partial charge in [0.15, 0.2) is 10.8 Å². The average Bonchev–Trinajstić information content (AvgIpc) is 1.86. The van der Waals surface area contributed by atoms with Crippen LogP contribution in [0.3, 0.4) is 0 Å². The number of amides is 5. The molecule has 5 N–H and O–H groups in total. The van der Waals surface area contributed by atoms with Gasteiger partial charge in [-0.3, -0.25) is 34.0 Å². The molecule has 2 aliphatic carbocycles. The van der Waals surface area contributed by atoms with Crippen molar-refractivity contribution in [2.45, 2.75) is 155 Å². The van der Waals surface area contributed by atoms with Gasteiger partial charge >= 0.3 is 0 Å². The maximum absolute atomic E-state index is 14.8. The Morgan fingerprint density at radius 2 is 1.74 bits per heavy atom. The summed E-state index contributed by atoms with van der Waals surface area (Å²) in [6.45, 7) is 10.7. The van der Waals surface area contributed by atoms with E-state index in [4.69, 9.17) is 14.8 Å². The molecule has 0 spiro atoms. The number of carbonyl (C=O) groups is 5. The summed E-state index contributed by atoms with van der Waals surface area (Å²) in [6, 6.07) is 16.3. The lowest BCUT2D eigenvalue weighted by Gasteiger charge is -2.35. The second kappa shape index (κ2) is 26.4. The SMILES string of the molecule is Cc1ncsc1-c1ccc(CNC(=O)[C@@H]2C[C@@H](O)CN2C(=O)[C@@H](NC(=O)C2(F)CC2)C(C)(C)C)c(OCCCCCS(=O)(=O)NC(=O)c2nc(N3CCc4cccc(C(=O)Nc5nc6cccnc6s5)c4C3)ccc2-c2cnn(CC3CCCCC3)c2C)c1. The number of aliphatic hydroxyl groups excluding tert-OH is 1. The van der Waals surface area contributed by atoms with Gasteiger partial charge in [-0.1, -0.05) is 75.6 Å². The Hall–Kier alpha value is -7.74. The summed E-state index contributed by atoms with van der Waals surface area (Å²) in [6.07, 6.45) is 9.93. The van der Waals surface area contributed by atoms with E-state index in [9.17, 15) is 41.9 Å². The van der Waals surface area contributed by atoms with Crippen LogP contribution in [0, 0.1) is 25.2 Å². The largest absolute Gasteiger partial charge is 0.493 e. The zero-order valence-corrected chi connectivity index (χ0v) is 53.1. The van der Waals surface area contributed by atoms with E-state index in [0.29, 0.717) is 87.6 Å². The summed E-state index contributed by atoms with van der Waals surface area (Å²) < 4.78 is 53.3. The van der Waals surface area contributed by atoms with Gasteiger partial charge < -0.3 is 30.3 Å². The van der Waals surface area contributed by atoms with Crippen LogP contribution in [0.2, 0.25) is 0 Å². The number of hydrogen-bond donors (Lipinski definition) is 5.